The van der Waals surface area contributed by atoms with Crippen molar-refractivity contribution in [1.82, 2.24) is 15.0 Å². The Hall–Kier alpha value is -2.91. The van der Waals surface area contributed by atoms with E-state index in [9.17, 15) is 9.18 Å². The number of morpholine rings is 1. The number of imidazole rings is 1. The van der Waals surface area contributed by atoms with E-state index in [0.29, 0.717) is 34.7 Å². The summed E-state index contributed by atoms with van der Waals surface area (Å²) in [6, 6.07) is 10.1. The maximum absolute atomic E-state index is 14.2. The molecule has 0 unspecified atom stereocenters. The molecule has 1 aromatic carbocycles. The summed E-state index contributed by atoms with van der Waals surface area (Å²) in [5.41, 5.74) is 1.55. The van der Waals surface area contributed by atoms with Crippen LogP contribution in [0.3, 0.4) is 0 Å². The highest BCUT2D eigenvalue weighted by atomic mass is 35.5. The molecule has 5 rings (SSSR count). The van der Waals surface area contributed by atoms with Crippen molar-refractivity contribution in [3.63, 3.8) is 0 Å². The number of rotatable bonds is 5. The second kappa shape index (κ2) is 8.79. The number of anilines is 1. The van der Waals surface area contributed by atoms with Gasteiger partial charge < -0.3 is 24.5 Å². The molecule has 10 heteroatoms. The van der Waals surface area contributed by atoms with Gasteiger partial charge in [0.25, 0.3) is 6.01 Å². The minimum Gasteiger partial charge on any atom is -0.479 e. The van der Waals surface area contributed by atoms with Crippen molar-refractivity contribution in [2.45, 2.75) is 37.5 Å². The van der Waals surface area contributed by atoms with Crippen LogP contribution in [0.5, 0.6) is 6.01 Å². The number of alkyl halides is 1. The molecule has 3 heterocycles. The van der Waals surface area contributed by atoms with Crippen LogP contribution in [0.1, 0.15) is 25.7 Å². The van der Waals surface area contributed by atoms with E-state index < -0.39 is 11.6 Å². The van der Waals surface area contributed by atoms with Crippen LogP contribution in [0.4, 0.5) is 10.1 Å². The van der Waals surface area contributed by atoms with E-state index in [1.165, 1.54) is 0 Å². The molecule has 0 bridgehead atoms. The monoisotopic (exact) mass is 474 g/mol. The molecule has 0 atom stereocenters. The minimum absolute atomic E-state index is 0.0814. The highest BCUT2D eigenvalue weighted by molar-refractivity contribution is 6.33. The van der Waals surface area contributed by atoms with Gasteiger partial charge in [0, 0.05) is 24.3 Å². The summed E-state index contributed by atoms with van der Waals surface area (Å²) >= 11 is 6.51. The SMILES string of the molecule is O=C(O)C1(F)CCC(Oc2nc3nc(-c4ccc(N5CCOCC5)cc4)c(Cl)cc3[nH]2)CC1. The molecular weight excluding hydrogens is 451 g/mol. The van der Waals surface area contributed by atoms with Gasteiger partial charge >= 0.3 is 5.97 Å². The number of nitrogens with zero attached hydrogens (tertiary/aromatic N) is 3. The number of aromatic amines is 1. The first kappa shape index (κ1) is 21.9. The second-order valence-electron chi connectivity index (χ2n) is 8.47. The van der Waals surface area contributed by atoms with Crippen LogP contribution in [-0.4, -0.2) is 64.1 Å². The minimum atomic E-state index is -2.17. The van der Waals surface area contributed by atoms with Crippen LogP contribution in [0, 0.1) is 0 Å². The molecule has 33 heavy (non-hydrogen) atoms. The Morgan fingerprint density at radius 2 is 1.91 bits per heavy atom. The summed E-state index contributed by atoms with van der Waals surface area (Å²) in [4.78, 5) is 25.4. The zero-order valence-electron chi connectivity index (χ0n) is 17.9. The lowest BCUT2D eigenvalue weighted by Gasteiger charge is -2.30. The summed E-state index contributed by atoms with van der Waals surface area (Å²) < 4.78 is 25.5. The summed E-state index contributed by atoms with van der Waals surface area (Å²) in [5, 5.41) is 9.52. The van der Waals surface area contributed by atoms with Gasteiger partial charge in [0.05, 0.1) is 29.4 Å². The zero-order valence-corrected chi connectivity index (χ0v) is 18.6. The first-order valence-corrected chi connectivity index (χ1v) is 11.4. The van der Waals surface area contributed by atoms with Gasteiger partial charge in [-0.1, -0.05) is 23.7 Å². The van der Waals surface area contributed by atoms with Crippen molar-refractivity contribution >= 4 is 34.4 Å². The molecule has 0 amide bonds. The number of carboxylic acids is 1. The number of H-pyrrole nitrogens is 1. The quantitative estimate of drug-likeness (QED) is 0.570. The number of halogens is 2. The Morgan fingerprint density at radius 1 is 1.21 bits per heavy atom. The summed E-state index contributed by atoms with van der Waals surface area (Å²) in [5.74, 6) is -1.41. The van der Waals surface area contributed by atoms with Crippen LogP contribution >= 0.6 is 11.6 Å². The van der Waals surface area contributed by atoms with Crippen LogP contribution in [-0.2, 0) is 9.53 Å². The number of carboxylic acid groups (broad SMARTS) is 1. The number of ether oxygens (including phenoxy) is 2. The Morgan fingerprint density at radius 3 is 2.58 bits per heavy atom. The number of carbonyl (C=O) groups is 1. The van der Waals surface area contributed by atoms with Crippen LogP contribution in [0.15, 0.2) is 30.3 Å². The van der Waals surface area contributed by atoms with Crippen molar-refractivity contribution in [2.75, 3.05) is 31.2 Å². The maximum atomic E-state index is 14.2. The average Bonchev–Trinajstić information content (AvgIpc) is 3.21. The average molecular weight is 475 g/mol. The Bertz CT molecular complexity index is 1160. The van der Waals surface area contributed by atoms with E-state index >= 15 is 0 Å². The van der Waals surface area contributed by atoms with Crippen molar-refractivity contribution in [2.24, 2.45) is 0 Å². The smallest absolute Gasteiger partial charge is 0.341 e. The van der Waals surface area contributed by atoms with E-state index in [1.54, 1.807) is 6.07 Å². The van der Waals surface area contributed by atoms with Gasteiger partial charge in [-0.3, -0.25) is 0 Å². The van der Waals surface area contributed by atoms with E-state index in [0.717, 1.165) is 37.6 Å². The van der Waals surface area contributed by atoms with Crippen molar-refractivity contribution in [3.05, 3.63) is 35.4 Å². The third-order valence-electron chi connectivity index (χ3n) is 6.31. The molecule has 2 fully saturated rings. The molecule has 2 aromatic heterocycles. The van der Waals surface area contributed by atoms with Crippen LogP contribution in [0.25, 0.3) is 22.4 Å². The van der Waals surface area contributed by atoms with E-state index in [4.69, 9.17) is 26.2 Å². The van der Waals surface area contributed by atoms with Gasteiger partial charge in [0.2, 0.25) is 5.67 Å². The van der Waals surface area contributed by atoms with E-state index in [1.807, 2.05) is 24.3 Å². The lowest BCUT2D eigenvalue weighted by atomic mass is 9.85. The van der Waals surface area contributed by atoms with Gasteiger partial charge in [0.15, 0.2) is 5.65 Å². The molecular formula is C23H24ClFN4O4. The van der Waals surface area contributed by atoms with Crippen molar-refractivity contribution < 1.29 is 23.8 Å². The van der Waals surface area contributed by atoms with Crippen LogP contribution in [0.2, 0.25) is 5.02 Å². The molecule has 0 radical (unpaired) electrons. The molecule has 3 aromatic rings. The summed E-state index contributed by atoms with van der Waals surface area (Å²) in [6.07, 6.45) is 0.129. The maximum Gasteiger partial charge on any atom is 0.341 e. The normalized spacial score (nSPS) is 23.6. The number of pyridine rings is 1. The number of nitrogens with one attached hydrogen (secondary N) is 1. The topological polar surface area (TPSA) is 101 Å². The van der Waals surface area contributed by atoms with E-state index in [-0.39, 0.29) is 25.0 Å². The lowest BCUT2D eigenvalue weighted by molar-refractivity contribution is -0.154. The second-order valence-corrected chi connectivity index (χ2v) is 8.87. The largest absolute Gasteiger partial charge is 0.479 e. The van der Waals surface area contributed by atoms with Gasteiger partial charge in [0.1, 0.15) is 6.10 Å². The van der Waals surface area contributed by atoms with E-state index in [2.05, 4.69) is 19.9 Å². The Balaban J connectivity index is 1.32. The summed E-state index contributed by atoms with van der Waals surface area (Å²) in [7, 11) is 0. The molecule has 8 nitrogen and oxygen atoms in total. The Labute approximate surface area is 194 Å². The molecule has 174 valence electrons. The number of benzene rings is 1. The number of aliphatic carboxylic acids is 1. The van der Waals surface area contributed by atoms with Crippen molar-refractivity contribution in [3.8, 4) is 17.3 Å². The first-order valence-electron chi connectivity index (χ1n) is 11.0. The molecule has 2 aliphatic rings. The number of fused-ring (bicyclic) bond motifs is 1. The van der Waals surface area contributed by atoms with Gasteiger partial charge in [-0.15, -0.1) is 0 Å². The predicted molar refractivity (Wildman–Crippen MR) is 122 cm³/mol. The van der Waals surface area contributed by atoms with Crippen LogP contribution < -0.4 is 9.64 Å². The zero-order chi connectivity index (χ0) is 23.0. The fourth-order valence-electron chi connectivity index (χ4n) is 4.34. The molecule has 0 spiro atoms. The molecule has 1 aliphatic heterocycles. The number of hydrogen-bond donors (Lipinski definition) is 2. The molecule has 1 aliphatic carbocycles. The van der Waals surface area contributed by atoms with Gasteiger partial charge in [-0.25, -0.2) is 14.2 Å². The fourth-order valence-corrected chi connectivity index (χ4v) is 4.60. The molecule has 2 N–H and O–H groups in total. The third kappa shape index (κ3) is 4.47. The Kier molecular flexibility index (Phi) is 5.84. The highest BCUT2D eigenvalue weighted by Gasteiger charge is 2.43. The number of aromatic nitrogens is 3. The lowest BCUT2D eigenvalue weighted by Crippen LogP contribution is -2.40. The van der Waals surface area contributed by atoms with Gasteiger partial charge in [-0.05, 0) is 43.9 Å². The third-order valence-corrected chi connectivity index (χ3v) is 6.60. The highest BCUT2D eigenvalue weighted by Crippen LogP contribution is 2.35. The molecule has 1 saturated heterocycles. The molecule has 1 saturated carbocycles. The predicted octanol–water partition coefficient (Wildman–Crippen LogP) is 4.23. The summed E-state index contributed by atoms with van der Waals surface area (Å²) in [6.45, 7) is 3.18. The number of hydrogen-bond acceptors (Lipinski definition) is 6. The fraction of sp³-hybridized carbons (Fsp3) is 0.435. The van der Waals surface area contributed by atoms with Gasteiger partial charge in [-0.2, -0.15) is 4.98 Å². The standard InChI is InChI=1S/C23H24ClFN4O4/c24-17-13-18-20(28-22(26-18)33-16-5-7-23(25,8-6-16)21(30)31)27-19(17)14-1-3-15(4-2-14)29-9-11-32-12-10-29/h1-4,13,16H,5-12H2,(H,30,31)(H,26,27,28). The van der Waals surface area contributed by atoms with Crippen molar-refractivity contribution in [1.29, 1.82) is 0 Å². The first-order chi connectivity index (χ1) is 15.9.